The van der Waals surface area contributed by atoms with Gasteiger partial charge in [0, 0.05) is 0 Å². The Bertz CT molecular complexity index is 283. The summed E-state index contributed by atoms with van der Waals surface area (Å²) in [5, 5.41) is 0. The first-order chi connectivity index (χ1) is 7.29. The summed E-state index contributed by atoms with van der Waals surface area (Å²) in [4.78, 5) is 10.6. The highest BCUT2D eigenvalue weighted by molar-refractivity contribution is 5.61. The molecule has 0 aliphatic heterocycles. The van der Waals surface area contributed by atoms with Gasteiger partial charge in [0.15, 0.2) is 0 Å². The SMILES string of the molecule is CC(C)(C)OC(=O)OC(F)(F)C(F)(F)[C](F)F. The van der Waals surface area contributed by atoms with Gasteiger partial charge in [0.1, 0.15) is 5.60 Å². The fraction of sp³-hybridized carbons (Fsp3) is 0.750. The lowest BCUT2D eigenvalue weighted by molar-refractivity contribution is -0.337. The molecule has 0 aromatic rings. The molecule has 1 radical (unpaired) electrons. The van der Waals surface area contributed by atoms with Gasteiger partial charge >= 0.3 is 24.6 Å². The highest BCUT2D eigenvalue weighted by atomic mass is 19.3. The van der Waals surface area contributed by atoms with E-state index in [1.165, 1.54) is 20.8 Å². The minimum absolute atomic E-state index is 1.24. The van der Waals surface area contributed by atoms with Crippen LogP contribution in [0.1, 0.15) is 20.8 Å². The molecule has 0 aromatic heterocycles. The monoisotopic (exact) mass is 267 g/mol. The van der Waals surface area contributed by atoms with Gasteiger partial charge < -0.3 is 9.47 Å². The van der Waals surface area contributed by atoms with Gasteiger partial charge in [0.05, 0.1) is 0 Å². The lowest BCUT2D eigenvalue weighted by atomic mass is 10.2. The van der Waals surface area contributed by atoms with Crippen molar-refractivity contribution in [1.82, 2.24) is 0 Å². The number of carbonyl (C=O) groups is 1. The fourth-order valence-corrected chi connectivity index (χ4v) is 0.550. The number of hydrogen-bond donors (Lipinski definition) is 0. The molecule has 9 heteroatoms. The molecule has 0 aromatic carbocycles. The molecule has 0 bridgehead atoms. The first kappa shape index (κ1) is 15.9. The number of rotatable bonds is 3. The minimum atomic E-state index is -5.87. The standard InChI is InChI=1S/C8H9F6O3/c1-6(2,3)16-5(15)17-8(13,14)7(11,12)4(9)10/h1-3H3. The van der Waals surface area contributed by atoms with Crippen molar-refractivity contribution < 1.29 is 40.6 Å². The van der Waals surface area contributed by atoms with Crippen LogP contribution >= 0.6 is 0 Å². The molecule has 0 unspecified atom stereocenters. The van der Waals surface area contributed by atoms with E-state index in [1.54, 1.807) is 0 Å². The Labute approximate surface area is 92.7 Å². The molecule has 0 aliphatic rings. The van der Waals surface area contributed by atoms with E-state index in [-0.39, 0.29) is 0 Å². The van der Waals surface area contributed by atoms with Crippen molar-refractivity contribution in [1.29, 1.82) is 0 Å². The van der Waals surface area contributed by atoms with Gasteiger partial charge in [-0.15, -0.1) is 0 Å². The number of hydrogen-bond acceptors (Lipinski definition) is 3. The van der Waals surface area contributed by atoms with E-state index in [0.717, 1.165) is 0 Å². The molecule has 0 amide bonds. The van der Waals surface area contributed by atoms with Crippen LogP contribution in [0.15, 0.2) is 0 Å². The smallest absolute Gasteiger partial charge is 0.428 e. The van der Waals surface area contributed by atoms with Gasteiger partial charge in [-0.3, -0.25) is 0 Å². The quantitative estimate of drug-likeness (QED) is 0.579. The largest absolute Gasteiger partial charge is 0.513 e. The first-order valence-corrected chi connectivity index (χ1v) is 4.15. The van der Waals surface area contributed by atoms with Crippen molar-refractivity contribution >= 4 is 6.16 Å². The summed E-state index contributed by atoms with van der Waals surface area (Å²) in [6.45, 7) is 3.73. The van der Waals surface area contributed by atoms with E-state index in [9.17, 15) is 31.1 Å². The van der Waals surface area contributed by atoms with Crippen LogP contribution in [0, 0.1) is 6.43 Å². The summed E-state index contributed by atoms with van der Waals surface area (Å²) in [5.74, 6) is -5.87. The molecule has 17 heavy (non-hydrogen) atoms. The summed E-state index contributed by atoms with van der Waals surface area (Å²) in [6, 6.07) is 0. The average molecular weight is 267 g/mol. The Morgan fingerprint density at radius 2 is 1.35 bits per heavy atom. The fourth-order valence-electron chi connectivity index (χ4n) is 0.550. The van der Waals surface area contributed by atoms with Crippen LogP contribution in [0.4, 0.5) is 31.1 Å². The van der Waals surface area contributed by atoms with Crippen LogP contribution in [0.3, 0.4) is 0 Å². The van der Waals surface area contributed by atoms with E-state index in [2.05, 4.69) is 9.47 Å². The molecule has 0 atom stereocenters. The van der Waals surface area contributed by atoms with Crippen LogP contribution < -0.4 is 0 Å². The van der Waals surface area contributed by atoms with Crippen molar-refractivity contribution in [3.63, 3.8) is 0 Å². The van der Waals surface area contributed by atoms with Gasteiger partial charge in [-0.25, -0.2) is 4.79 Å². The third kappa shape index (κ3) is 4.31. The molecular weight excluding hydrogens is 258 g/mol. The third-order valence-corrected chi connectivity index (χ3v) is 1.20. The number of carbonyl (C=O) groups excluding carboxylic acids is 1. The molecule has 0 saturated carbocycles. The molecule has 0 N–H and O–H groups in total. The summed E-state index contributed by atoms with van der Waals surface area (Å²) >= 11 is 0. The number of halogens is 6. The van der Waals surface area contributed by atoms with E-state index in [0.29, 0.717) is 0 Å². The predicted octanol–water partition coefficient (Wildman–Crippen LogP) is 3.59. The normalized spacial score (nSPS) is 13.8. The molecule has 0 rings (SSSR count). The molecule has 101 valence electrons. The van der Waals surface area contributed by atoms with E-state index in [4.69, 9.17) is 0 Å². The molecule has 3 nitrogen and oxygen atoms in total. The lowest BCUT2D eigenvalue weighted by Gasteiger charge is -2.25. The Balaban J connectivity index is 4.72. The molecule has 0 heterocycles. The number of alkyl halides is 4. The molecule has 0 fully saturated rings. The Kier molecular flexibility index (Phi) is 4.30. The van der Waals surface area contributed by atoms with E-state index >= 15 is 0 Å². The topological polar surface area (TPSA) is 35.5 Å². The van der Waals surface area contributed by atoms with Crippen molar-refractivity contribution in [2.45, 2.75) is 38.4 Å². The maximum atomic E-state index is 12.5. The van der Waals surface area contributed by atoms with Gasteiger partial charge in [0.2, 0.25) is 0 Å². The zero-order chi connectivity index (χ0) is 14.1. The Hall–Kier alpha value is -1.15. The van der Waals surface area contributed by atoms with Crippen molar-refractivity contribution in [2.24, 2.45) is 0 Å². The maximum absolute atomic E-state index is 12.5. The maximum Gasteiger partial charge on any atom is 0.513 e. The minimum Gasteiger partial charge on any atom is -0.428 e. The summed E-state index contributed by atoms with van der Waals surface area (Å²) in [5.41, 5.74) is -1.29. The van der Waals surface area contributed by atoms with Crippen LogP contribution in [0.2, 0.25) is 0 Å². The van der Waals surface area contributed by atoms with Crippen molar-refractivity contribution in [3.8, 4) is 0 Å². The molecule has 0 spiro atoms. The van der Waals surface area contributed by atoms with Gasteiger partial charge in [-0.2, -0.15) is 26.3 Å². The predicted molar refractivity (Wildman–Crippen MR) is 42.7 cm³/mol. The number of ether oxygens (including phenoxy) is 2. The van der Waals surface area contributed by atoms with Crippen LogP contribution in [-0.2, 0) is 9.47 Å². The van der Waals surface area contributed by atoms with Crippen molar-refractivity contribution in [3.05, 3.63) is 6.43 Å². The van der Waals surface area contributed by atoms with Crippen LogP contribution in [-0.4, -0.2) is 23.8 Å². The van der Waals surface area contributed by atoms with Crippen LogP contribution in [0.5, 0.6) is 0 Å². The van der Waals surface area contributed by atoms with E-state index in [1.807, 2.05) is 0 Å². The summed E-state index contributed by atoms with van der Waals surface area (Å²) < 4.78 is 79.6. The highest BCUT2D eigenvalue weighted by Crippen LogP contribution is 2.43. The van der Waals surface area contributed by atoms with Gasteiger partial charge in [-0.1, -0.05) is 0 Å². The average Bonchev–Trinajstić information content (AvgIpc) is 1.97. The Morgan fingerprint density at radius 1 is 0.941 bits per heavy atom. The highest BCUT2D eigenvalue weighted by Gasteiger charge is 2.68. The second-order valence-corrected chi connectivity index (χ2v) is 3.92. The Morgan fingerprint density at radius 3 is 1.65 bits per heavy atom. The van der Waals surface area contributed by atoms with Gasteiger partial charge in [0.25, 0.3) is 0 Å². The molecule has 0 aliphatic carbocycles. The summed E-state index contributed by atoms with van der Waals surface area (Å²) in [6.07, 6.45) is -11.7. The molecular formula is C8H9F6O3. The van der Waals surface area contributed by atoms with E-state index < -0.39 is 30.2 Å². The van der Waals surface area contributed by atoms with Gasteiger partial charge in [-0.05, 0) is 20.8 Å². The second kappa shape index (κ2) is 4.61. The zero-order valence-electron chi connectivity index (χ0n) is 8.99. The zero-order valence-corrected chi connectivity index (χ0v) is 8.99. The lowest BCUT2D eigenvalue weighted by Crippen LogP contribution is -2.47. The third-order valence-electron chi connectivity index (χ3n) is 1.20. The molecule has 0 saturated heterocycles. The van der Waals surface area contributed by atoms with Crippen LogP contribution in [0.25, 0.3) is 0 Å². The van der Waals surface area contributed by atoms with Crippen molar-refractivity contribution in [2.75, 3.05) is 0 Å². The summed E-state index contributed by atoms with van der Waals surface area (Å²) in [7, 11) is 0. The first-order valence-electron chi connectivity index (χ1n) is 4.15. The second-order valence-electron chi connectivity index (χ2n) is 3.92.